The Balaban J connectivity index is 3.26. The van der Waals surface area contributed by atoms with Crippen molar-refractivity contribution in [1.29, 1.82) is 0 Å². The molecule has 0 unspecified atom stereocenters. The summed E-state index contributed by atoms with van der Waals surface area (Å²) < 4.78 is 0. The van der Waals surface area contributed by atoms with Crippen LogP contribution in [0, 0.1) is 0 Å². The maximum atomic E-state index is 3.46. The van der Waals surface area contributed by atoms with Crippen LogP contribution in [0.15, 0.2) is 0 Å². The molecular weight excluding hydrogens is 196 g/mol. The largest absolute Gasteiger partial charge is 0.315 e. The van der Waals surface area contributed by atoms with Crippen molar-refractivity contribution < 1.29 is 0 Å². The minimum atomic E-state index is 0.636. The molecule has 0 rings (SSSR count). The van der Waals surface area contributed by atoms with Crippen molar-refractivity contribution in [2.75, 3.05) is 19.6 Å². The summed E-state index contributed by atoms with van der Waals surface area (Å²) in [5.41, 5.74) is 0. The number of rotatable bonds is 10. The summed E-state index contributed by atoms with van der Waals surface area (Å²) in [5.74, 6) is 0. The summed E-state index contributed by atoms with van der Waals surface area (Å²) in [7, 11) is 0. The van der Waals surface area contributed by atoms with Gasteiger partial charge in [-0.25, -0.2) is 0 Å². The van der Waals surface area contributed by atoms with Crippen LogP contribution in [-0.2, 0) is 0 Å². The Morgan fingerprint density at radius 1 is 0.938 bits per heavy atom. The highest BCUT2D eigenvalue weighted by molar-refractivity contribution is 4.61. The minimum Gasteiger partial charge on any atom is -0.315 e. The predicted octanol–water partition coefficient (Wildman–Crippen LogP) is 3.28. The molecule has 2 nitrogen and oxygen atoms in total. The zero-order valence-corrected chi connectivity index (χ0v) is 12.1. The lowest BCUT2D eigenvalue weighted by Gasteiger charge is -2.24. The third kappa shape index (κ3) is 9.17. The van der Waals surface area contributed by atoms with E-state index in [1.54, 1.807) is 0 Å². The van der Waals surface area contributed by atoms with Gasteiger partial charge in [0.2, 0.25) is 0 Å². The number of nitrogens with zero attached hydrogens (tertiary/aromatic N) is 1. The van der Waals surface area contributed by atoms with Crippen molar-refractivity contribution in [3.8, 4) is 0 Å². The first-order valence-corrected chi connectivity index (χ1v) is 7.05. The molecule has 0 aliphatic carbocycles. The van der Waals surface area contributed by atoms with Crippen molar-refractivity contribution in [3.63, 3.8) is 0 Å². The van der Waals surface area contributed by atoms with E-state index >= 15 is 0 Å². The fourth-order valence-corrected chi connectivity index (χ4v) is 1.97. The fraction of sp³-hybridized carbons (Fsp3) is 1.00. The molecule has 0 amide bonds. The molecule has 0 heterocycles. The second-order valence-electron chi connectivity index (χ2n) is 5.25. The molecule has 2 heteroatoms. The third-order valence-electron chi connectivity index (χ3n) is 3.06. The van der Waals surface area contributed by atoms with Gasteiger partial charge in [0.1, 0.15) is 0 Å². The molecule has 0 radical (unpaired) electrons. The standard InChI is InChI=1S/C14H32N2/c1-6-16(14(4)5)12-10-8-7-9-11-15-13(2)3/h13-15H,6-12H2,1-5H3. The van der Waals surface area contributed by atoms with Crippen LogP contribution in [-0.4, -0.2) is 36.6 Å². The van der Waals surface area contributed by atoms with E-state index in [1.165, 1.54) is 45.3 Å². The molecule has 0 aliphatic rings. The van der Waals surface area contributed by atoms with Gasteiger partial charge in [0.25, 0.3) is 0 Å². The van der Waals surface area contributed by atoms with Gasteiger partial charge in [-0.05, 0) is 46.3 Å². The smallest absolute Gasteiger partial charge is 0.00384 e. The lowest BCUT2D eigenvalue weighted by Crippen LogP contribution is -2.31. The van der Waals surface area contributed by atoms with Gasteiger partial charge in [0, 0.05) is 12.1 Å². The second-order valence-corrected chi connectivity index (χ2v) is 5.25. The Morgan fingerprint density at radius 2 is 1.56 bits per heavy atom. The van der Waals surface area contributed by atoms with E-state index in [0.29, 0.717) is 12.1 Å². The summed E-state index contributed by atoms with van der Waals surface area (Å²) in [6.45, 7) is 14.9. The van der Waals surface area contributed by atoms with E-state index in [4.69, 9.17) is 0 Å². The molecule has 0 spiro atoms. The molecular formula is C14H32N2. The van der Waals surface area contributed by atoms with Gasteiger partial charge in [-0.3, -0.25) is 0 Å². The quantitative estimate of drug-likeness (QED) is 0.577. The monoisotopic (exact) mass is 228 g/mol. The van der Waals surface area contributed by atoms with Gasteiger partial charge < -0.3 is 10.2 Å². The van der Waals surface area contributed by atoms with Crippen LogP contribution in [0.3, 0.4) is 0 Å². The van der Waals surface area contributed by atoms with E-state index in [0.717, 1.165) is 0 Å². The van der Waals surface area contributed by atoms with Gasteiger partial charge in [-0.2, -0.15) is 0 Å². The zero-order chi connectivity index (χ0) is 12.4. The molecule has 0 aromatic heterocycles. The summed E-state index contributed by atoms with van der Waals surface area (Å²) in [5, 5.41) is 3.46. The van der Waals surface area contributed by atoms with Crippen LogP contribution in [0.4, 0.5) is 0 Å². The Bertz CT molecular complexity index is 144. The van der Waals surface area contributed by atoms with E-state index in [1.807, 2.05) is 0 Å². The molecule has 0 bridgehead atoms. The van der Waals surface area contributed by atoms with Crippen molar-refractivity contribution in [1.82, 2.24) is 10.2 Å². The highest BCUT2D eigenvalue weighted by atomic mass is 15.1. The first-order chi connectivity index (χ1) is 7.57. The van der Waals surface area contributed by atoms with Crippen molar-refractivity contribution >= 4 is 0 Å². The van der Waals surface area contributed by atoms with Crippen LogP contribution >= 0.6 is 0 Å². The van der Waals surface area contributed by atoms with Crippen LogP contribution in [0.5, 0.6) is 0 Å². The third-order valence-corrected chi connectivity index (χ3v) is 3.06. The van der Waals surface area contributed by atoms with Crippen molar-refractivity contribution in [2.45, 2.75) is 72.4 Å². The van der Waals surface area contributed by atoms with Gasteiger partial charge in [0.05, 0.1) is 0 Å². The Labute approximate surface area is 103 Å². The number of nitrogens with one attached hydrogen (secondary N) is 1. The van der Waals surface area contributed by atoms with Crippen LogP contribution in [0.2, 0.25) is 0 Å². The zero-order valence-electron chi connectivity index (χ0n) is 12.1. The number of unbranched alkanes of at least 4 members (excludes halogenated alkanes) is 3. The molecule has 0 saturated carbocycles. The summed E-state index contributed by atoms with van der Waals surface area (Å²) in [6.07, 6.45) is 5.43. The highest BCUT2D eigenvalue weighted by Gasteiger charge is 2.05. The maximum Gasteiger partial charge on any atom is 0.00384 e. The normalized spacial score (nSPS) is 12.0. The first-order valence-electron chi connectivity index (χ1n) is 7.05. The molecule has 0 aromatic carbocycles. The number of hydrogen-bond acceptors (Lipinski definition) is 2. The maximum absolute atomic E-state index is 3.46. The summed E-state index contributed by atoms with van der Waals surface area (Å²) in [6, 6.07) is 1.34. The average molecular weight is 228 g/mol. The molecule has 16 heavy (non-hydrogen) atoms. The fourth-order valence-electron chi connectivity index (χ4n) is 1.97. The lowest BCUT2D eigenvalue weighted by molar-refractivity contribution is 0.228. The SMILES string of the molecule is CCN(CCCCCCNC(C)C)C(C)C. The van der Waals surface area contributed by atoms with Crippen molar-refractivity contribution in [2.24, 2.45) is 0 Å². The van der Waals surface area contributed by atoms with Gasteiger partial charge in [0.15, 0.2) is 0 Å². The Hall–Kier alpha value is -0.0800. The molecule has 0 fully saturated rings. The predicted molar refractivity (Wildman–Crippen MR) is 74.0 cm³/mol. The molecule has 1 N–H and O–H groups in total. The van der Waals surface area contributed by atoms with Gasteiger partial charge in [-0.15, -0.1) is 0 Å². The molecule has 0 aromatic rings. The topological polar surface area (TPSA) is 15.3 Å². The summed E-state index contributed by atoms with van der Waals surface area (Å²) in [4.78, 5) is 2.55. The number of hydrogen-bond donors (Lipinski definition) is 1. The van der Waals surface area contributed by atoms with E-state index in [9.17, 15) is 0 Å². The average Bonchev–Trinajstić information content (AvgIpc) is 2.21. The van der Waals surface area contributed by atoms with Gasteiger partial charge >= 0.3 is 0 Å². The summed E-state index contributed by atoms with van der Waals surface area (Å²) >= 11 is 0. The van der Waals surface area contributed by atoms with Crippen molar-refractivity contribution in [3.05, 3.63) is 0 Å². The van der Waals surface area contributed by atoms with E-state index in [-0.39, 0.29) is 0 Å². The molecule has 98 valence electrons. The van der Waals surface area contributed by atoms with Gasteiger partial charge in [-0.1, -0.05) is 33.6 Å². The lowest BCUT2D eigenvalue weighted by atomic mass is 10.1. The van der Waals surface area contributed by atoms with E-state index < -0.39 is 0 Å². The second kappa shape index (κ2) is 10.1. The van der Waals surface area contributed by atoms with Crippen LogP contribution in [0.25, 0.3) is 0 Å². The Morgan fingerprint density at radius 3 is 2.06 bits per heavy atom. The molecule has 0 atom stereocenters. The van der Waals surface area contributed by atoms with E-state index in [2.05, 4.69) is 44.8 Å². The molecule has 0 saturated heterocycles. The van der Waals surface area contributed by atoms with Crippen LogP contribution in [0.1, 0.15) is 60.3 Å². The minimum absolute atomic E-state index is 0.636. The highest BCUT2D eigenvalue weighted by Crippen LogP contribution is 2.04. The Kier molecular flexibility index (Phi) is 10.0. The molecule has 0 aliphatic heterocycles. The van der Waals surface area contributed by atoms with Crippen LogP contribution < -0.4 is 5.32 Å². The first kappa shape index (κ1) is 15.9.